The Balaban J connectivity index is 0.00000400. The quantitative estimate of drug-likeness (QED) is 0.359. The Kier molecular flexibility index (Phi) is 10.4. The first kappa shape index (κ1) is 19.5. The van der Waals surface area contributed by atoms with E-state index in [1.54, 1.807) is 0 Å². The molecule has 9 heteroatoms. The number of hydrogen-bond donors (Lipinski definition) is 4. The molecule has 1 heterocycles. The fraction of sp³-hybridized carbons (Fsp3) is 0.667. The SMILES string of the molecule is O=C1CCCNC(=O)CNC(=O)CCCNC(=O)CN1.[Pd]. The topological polar surface area (TPSA) is 116 Å². The Bertz CT molecular complexity index is 317. The Morgan fingerprint density at radius 2 is 0.952 bits per heavy atom. The fourth-order valence-electron chi connectivity index (χ4n) is 1.61. The molecular formula is C12H20N4O4Pd. The second kappa shape index (κ2) is 11.2. The minimum absolute atomic E-state index is 0. The molecule has 0 aromatic heterocycles. The molecule has 0 spiro atoms. The minimum Gasteiger partial charge on any atom is -0.355 e. The number of carbonyl (C=O) groups excluding carboxylic acids is 4. The number of hydrogen-bond acceptors (Lipinski definition) is 4. The molecule has 0 radical (unpaired) electrons. The summed E-state index contributed by atoms with van der Waals surface area (Å²) in [6, 6.07) is 0. The molecule has 0 saturated carbocycles. The van der Waals surface area contributed by atoms with Crippen LogP contribution in [0.1, 0.15) is 25.7 Å². The third-order valence-electron chi connectivity index (χ3n) is 2.70. The van der Waals surface area contributed by atoms with E-state index < -0.39 is 0 Å². The van der Waals surface area contributed by atoms with E-state index in [0.717, 1.165) is 0 Å². The van der Waals surface area contributed by atoms with Gasteiger partial charge in [0.15, 0.2) is 0 Å². The molecule has 0 aromatic rings. The van der Waals surface area contributed by atoms with Gasteiger partial charge in [0, 0.05) is 46.4 Å². The summed E-state index contributed by atoms with van der Waals surface area (Å²) in [4.78, 5) is 45.5. The summed E-state index contributed by atoms with van der Waals surface area (Å²) in [6.07, 6.45) is 1.43. The molecule has 1 aliphatic rings. The molecule has 21 heavy (non-hydrogen) atoms. The average molecular weight is 391 g/mol. The van der Waals surface area contributed by atoms with Crippen LogP contribution in [0.15, 0.2) is 0 Å². The van der Waals surface area contributed by atoms with Crippen LogP contribution in [0.3, 0.4) is 0 Å². The standard InChI is InChI=1S/C12H20N4O4.Pd/c17-9-3-1-5-13-11(19)7-16-10(18)4-2-6-14-12(20)8-15-9;/h1-8H2,(H,13,19)(H,14,20)(H,15,17)(H,16,18);. The van der Waals surface area contributed by atoms with Gasteiger partial charge in [0.25, 0.3) is 0 Å². The summed E-state index contributed by atoms with van der Waals surface area (Å²) in [7, 11) is 0. The summed E-state index contributed by atoms with van der Waals surface area (Å²) in [5.41, 5.74) is 0. The molecule has 1 rings (SSSR count). The van der Waals surface area contributed by atoms with Crippen molar-refractivity contribution < 1.29 is 39.6 Å². The Labute approximate surface area is 136 Å². The van der Waals surface area contributed by atoms with E-state index in [1.807, 2.05) is 0 Å². The van der Waals surface area contributed by atoms with Crippen molar-refractivity contribution in [3.8, 4) is 0 Å². The zero-order valence-electron chi connectivity index (χ0n) is 11.6. The molecule has 4 amide bonds. The van der Waals surface area contributed by atoms with Gasteiger partial charge in [-0.3, -0.25) is 19.2 Å². The molecule has 1 fully saturated rings. The van der Waals surface area contributed by atoms with Gasteiger partial charge >= 0.3 is 0 Å². The van der Waals surface area contributed by atoms with Crippen molar-refractivity contribution in [2.75, 3.05) is 26.2 Å². The minimum atomic E-state index is -0.279. The van der Waals surface area contributed by atoms with Crippen LogP contribution >= 0.6 is 0 Å². The largest absolute Gasteiger partial charge is 0.355 e. The van der Waals surface area contributed by atoms with E-state index in [4.69, 9.17) is 0 Å². The Morgan fingerprint density at radius 3 is 1.33 bits per heavy atom. The maximum atomic E-state index is 11.4. The van der Waals surface area contributed by atoms with Crippen molar-refractivity contribution >= 4 is 23.6 Å². The maximum Gasteiger partial charge on any atom is 0.239 e. The van der Waals surface area contributed by atoms with Crippen molar-refractivity contribution in [3.63, 3.8) is 0 Å². The molecule has 0 bridgehead atoms. The van der Waals surface area contributed by atoms with E-state index in [0.29, 0.717) is 25.9 Å². The normalized spacial score (nSPS) is 19.4. The van der Waals surface area contributed by atoms with Crippen LogP contribution in [0.25, 0.3) is 0 Å². The third kappa shape index (κ3) is 9.99. The summed E-state index contributed by atoms with van der Waals surface area (Å²) >= 11 is 0. The third-order valence-corrected chi connectivity index (χ3v) is 2.70. The van der Waals surface area contributed by atoms with Gasteiger partial charge in [0.1, 0.15) is 0 Å². The van der Waals surface area contributed by atoms with Gasteiger partial charge < -0.3 is 21.3 Å². The smallest absolute Gasteiger partial charge is 0.239 e. The van der Waals surface area contributed by atoms with Crippen LogP contribution in [0.4, 0.5) is 0 Å². The van der Waals surface area contributed by atoms with Gasteiger partial charge in [-0.2, -0.15) is 0 Å². The van der Waals surface area contributed by atoms with Gasteiger partial charge in [-0.25, -0.2) is 0 Å². The second-order valence-electron chi connectivity index (χ2n) is 4.46. The van der Waals surface area contributed by atoms with Crippen LogP contribution in [-0.2, 0) is 39.6 Å². The van der Waals surface area contributed by atoms with E-state index in [2.05, 4.69) is 21.3 Å². The molecule has 1 aliphatic heterocycles. The van der Waals surface area contributed by atoms with Gasteiger partial charge in [0.2, 0.25) is 23.6 Å². The number of rotatable bonds is 0. The zero-order chi connectivity index (χ0) is 14.8. The summed E-state index contributed by atoms with van der Waals surface area (Å²) < 4.78 is 0. The Morgan fingerprint density at radius 1 is 0.571 bits per heavy atom. The number of nitrogens with one attached hydrogen (secondary N) is 4. The first-order chi connectivity index (χ1) is 9.58. The molecule has 0 atom stereocenters. The molecule has 4 N–H and O–H groups in total. The van der Waals surface area contributed by atoms with Gasteiger partial charge in [-0.15, -0.1) is 0 Å². The summed E-state index contributed by atoms with van der Waals surface area (Å²) in [6.45, 7) is 0.567. The first-order valence-electron chi connectivity index (χ1n) is 6.64. The summed E-state index contributed by atoms with van der Waals surface area (Å²) in [5.74, 6) is -1.01. The van der Waals surface area contributed by atoms with E-state index in [9.17, 15) is 19.2 Å². The fourth-order valence-corrected chi connectivity index (χ4v) is 1.61. The predicted molar refractivity (Wildman–Crippen MR) is 70.5 cm³/mol. The molecule has 8 nitrogen and oxygen atoms in total. The number of amides is 4. The molecule has 0 aliphatic carbocycles. The van der Waals surface area contributed by atoms with Crippen molar-refractivity contribution in [2.45, 2.75) is 25.7 Å². The zero-order valence-corrected chi connectivity index (χ0v) is 13.2. The van der Waals surface area contributed by atoms with Crippen molar-refractivity contribution in [1.29, 1.82) is 0 Å². The van der Waals surface area contributed by atoms with Crippen LogP contribution in [-0.4, -0.2) is 49.8 Å². The predicted octanol–water partition coefficient (Wildman–Crippen LogP) is -1.98. The molecule has 0 aromatic carbocycles. The molecule has 0 unspecified atom stereocenters. The monoisotopic (exact) mass is 390 g/mol. The van der Waals surface area contributed by atoms with Gasteiger partial charge in [0.05, 0.1) is 13.1 Å². The van der Waals surface area contributed by atoms with Crippen LogP contribution in [0.2, 0.25) is 0 Å². The molecule has 122 valence electrons. The van der Waals surface area contributed by atoms with Crippen LogP contribution < -0.4 is 21.3 Å². The van der Waals surface area contributed by atoms with Gasteiger partial charge in [-0.1, -0.05) is 0 Å². The average Bonchev–Trinajstić information content (AvgIpc) is 2.42. The number of carbonyl (C=O) groups is 4. The van der Waals surface area contributed by atoms with E-state index in [1.165, 1.54) is 0 Å². The summed E-state index contributed by atoms with van der Waals surface area (Å²) in [5, 5.41) is 10.2. The van der Waals surface area contributed by atoms with Crippen molar-refractivity contribution in [2.24, 2.45) is 0 Å². The van der Waals surface area contributed by atoms with Crippen molar-refractivity contribution in [1.82, 2.24) is 21.3 Å². The first-order valence-corrected chi connectivity index (χ1v) is 6.64. The van der Waals surface area contributed by atoms with Gasteiger partial charge in [-0.05, 0) is 12.8 Å². The molecular weight excluding hydrogens is 371 g/mol. The van der Waals surface area contributed by atoms with E-state index >= 15 is 0 Å². The van der Waals surface area contributed by atoms with Crippen LogP contribution in [0, 0.1) is 0 Å². The Hall–Kier alpha value is -1.46. The maximum absolute atomic E-state index is 11.4. The molecule has 1 saturated heterocycles. The van der Waals surface area contributed by atoms with E-state index in [-0.39, 0.29) is 70.0 Å². The second-order valence-corrected chi connectivity index (χ2v) is 4.46. The van der Waals surface area contributed by atoms with Crippen LogP contribution in [0.5, 0.6) is 0 Å². The van der Waals surface area contributed by atoms with Crippen molar-refractivity contribution in [3.05, 3.63) is 0 Å².